The summed E-state index contributed by atoms with van der Waals surface area (Å²) in [6.45, 7) is 1.88. The lowest BCUT2D eigenvalue weighted by molar-refractivity contribution is -0.137. The predicted molar refractivity (Wildman–Crippen MR) is 127 cm³/mol. The van der Waals surface area contributed by atoms with E-state index in [4.69, 9.17) is 0 Å². The van der Waals surface area contributed by atoms with Crippen LogP contribution in [0.15, 0.2) is 65.6 Å². The SMILES string of the molecule is Cc1ccccc1-c1cccc([C@H](CC(=O)O)NC(=O)Cn2ccc3c(c2=O)CCCC3)c1. The number of carboxylic acid groups (broad SMARTS) is 1. The minimum atomic E-state index is -1.01. The molecular formula is C27H28N2O4. The van der Waals surface area contributed by atoms with Gasteiger partial charge in [0.15, 0.2) is 0 Å². The van der Waals surface area contributed by atoms with E-state index in [1.807, 2.05) is 61.5 Å². The number of aromatic nitrogens is 1. The number of carbonyl (C=O) groups is 2. The summed E-state index contributed by atoms with van der Waals surface area (Å²) in [4.78, 5) is 37.2. The van der Waals surface area contributed by atoms with Crippen LogP contribution in [0.3, 0.4) is 0 Å². The molecule has 0 unspecified atom stereocenters. The van der Waals surface area contributed by atoms with Crippen LogP contribution in [0.4, 0.5) is 0 Å². The van der Waals surface area contributed by atoms with Crippen molar-refractivity contribution in [3.8, 4) is 11.1 Å². The molecule has 2 N–H and O–H groups in total. The summed E-state index contributed by atoms with van der Waals surface area (Å²) in [6.07, 6.45) is 5.12. The molecule has 0 fully saturated rings. The number of aryl methyl sites for hydroxylation is 2. The zero-order chi connectivity index (χ0) is 23.4. The first-order valence-electron chi connectivity index (χ1n) is 11.3. The monoisotopic (exact) mass is 444 g/mol. The van der Waals surface area contributed by atoms with Crippen molar-refractivity contribution in [2.45, 2.75) is 51.6 Å². The Bertz CT molecular complexity index is 1240. The molecule has 1 amide bonds. The second-order valence-electron chi connectivity index (χ2n) is 8.62. The standard InChI is InChI=1S/C27H28N2O4/c1-18-7-2-4-11-22(18)20-9-6-10-21(15-20)24(16-26(31)32)28-25(30)17-29-14-13-19-8-3-5-12-23(19)27(29)33/h2,4,6-7,9-11,13-15,24H,3,5,8,12,16-17H2,1H3,(H,28,30)(H,31,32)/t24-/m0/s1. The minimum Gasteiger partial charge on any atom is -0.481 e. The quantitative estimate of drug-likeness (QED) is 0.576. The van der Waals surface area contributed by atoms with Crippen LogP contribution in [-0.4, -0.2) is 21.6 Å². The van der Waals surface area contributed by atoms with Gasteiger partial charge in [0, 0.05) is 11.8 Å². The van der Waals surface area contributed by atoms with Gasteiger partial charge in [-0.05, 0) is 72.6 Å². The van der Waals surface area contributed by atoms with E-state index in [9.17, 15) is 19.5 Å². The predicted octanol–water partition coefficient (Wildman–Crippen LogP) is 4.03. The summed E-state index contributed by atoms with van der Waals surface area (Å²) < 4.78 is 1.42. The fourth-order valence-electron chi connectivity index (χ4n) is 4.54. The number of carbonyl (C=O) groups excluding carboxylic acids is 1. The normalized spacial score (nSPS) is 13.7. The number of benzene rings is 2. The minimum absolute atomic E-state index is 0.126. The van der Waals surface area contributed by atoms with Gasteiger partial charge >= 0.3 is 5.97 Å². The number of hydrogen-bond acceptors (Lipinski definition) is 3. The third-order valence-electron chi connectivity index (χ3n) is 6.26. The Morgan fingerprint density at radius 3 is 2.64 bits per heavy atom. The fourth-order valence-corrected chi connectivity index (χ4v) is 4.54. The van der Waals surface area contributed by atoms with Crippen LogP contribution in [0.5, 0.6) is 0 Å². The van der Waals surface area contributed by atoms with Gasteiger partial charge < -0.3 is 15.0 Å². The highest BCUT2D eigenvalue weighted by atomic mass is 16.4. The van der Waals surface area contributed by atoms with Crippen molar-refractivity contribution < 1.29 is 14.7 Å². The number of fused-ring (bicyclic) bond motifs is 1. The van der Waals surface area contributed by atoms with Crippen molar-refractivity contribution in [3.63, 3.8) is 0 Å². The number of pyridine rings is 1. The Labute approximate surface area is 192 Å². The largest absolute Gasteiger partial charge is 0.481 e. The van der Waals surface area contributed by atoms with Gasteiger partial charge in [-0.2, -0.15) is 0 Å². The first-order chi connectivity index (χ1) is 15.9. The van der Waals surface area contributed by atoms with E-state index in [-0.39, 0.29) is 24.4 Å². The molecule has 1 heterocycles. The average Bonchev–Trinajstić information content (AvgIpc) is 2.81. The number of nitrogens with zero attached hydrogens (tertiary/aromatic N) is 1. The molecular weight excluding hydrogens is 416 g/mol. The van der Waals surface area contributed by atoms with Gasteiger partial charge in [0.25, 0.3) is 5.56 Å². The summed E-state index contributed by atoms with van der Waals surface area (Å²) >= 11 is 0. The molecule has 2 aromatic carbocycles. The van der Waals surface area contributed by atoms with Crippen LogP contribution in [0.1, 0.15) is 47.6 Å². The maximum Gasteiger partial charge on any atom is 0.305 e. The molecule has 0 saturated carbocycles. The van der Waals surface area contributed by atoms with Crippen LogP contribution >= 0.6 is 0 Å². The average molecular weight is 445 g/mol. The Morgan fingerprint density at radius 2 is 1.85 bits per heavy atom. The number of carboxylic acids is 1. The second-order valence-corrected chi connectivity index (χ2v) is 8.62. The first-order valence-corrected chi connectivity index (χ1v) is 11.3. The molecule has 1 aromatic heterocycles. The van der Waals surface area contributed by atoms with Crippen molar-refractivity contribution in [1.29, 1.82) is 0 Å². The molecule has 0 saturated heterocycles. The zero-order valence-corrected chi connectivity index (χ0v) is 18.7. The lowest BCUT2D eigenvalue weighted by atomic mass is 9.93. The molecule has 0 bridgehead atoms. The van der Waals surface area contributed by atoms with Gasteiger partial charge in [-0.15, -0.1) is 0 Å². The van der Waals surface area contributed by atoms with E-state index in [0.717, 1.165) is 53.5 Å². The van der Waals surface area contributed by atoms with Gasteiger partial charge in [0.1, 0.15) is 6.54 Å². The topological polar surface area (TPSA) is 88.4 Å². The maximum absolute atomic E-state index is 12.8. The van der Waals surface area contributed by atoms with Crippen LogP contribution in [0.2, 0.25) is 0 Å². The third-order valence-corrected chi connectivity index (χ3v) is 6.26. The van der Waals surface area contributed by atoms with Gasteiger partial charge in [-0.3, -0.25) is 14.4 Å². The Kier molecular flexibility index (Phi) is 6.73. The van der Waals surface area contributed by atoms with Gasteiger partial charge in [-0.1, -0.05) is 42.5 Å². The Balaban J connectivity index is 1.56. The molecule has 0 aliphatic heterocycles. The lowest BCUT2D eigenvalue weighted by Crippen LogP contribution is -2.36. The lowest BCUT2D eigenvalue weighted by Gasteiger charge is -2.20. The fraction of sp³-hybridized carbons (Fsp3) is 0.296. The van der Waals surface area contributed by atoms with Crippen molar-refractivity contribution in [1.82, 2.24) is 9.88 Å². The molecule has 6 heteroatoms. The highest BCUT2D eigenvalue weighted by molar-refractivity contribution is 5.78. The molecule has 4 rings (SSSR count). The van der Waals surface area contributed by atoms with Crippen molar-refractivity contribution in [2.24, 2.45) is 0 Å². The number of hydrogen-bond donors (Lipinski definition) is 2. The van der Waals surface area contributed by atoms with E-state index in [1.54, 1.807) is 6.20 Å². The molecule has 0 radical (unpaired) electrons. The van der Waals surface area contributed by atoms with Crippen molar-refractivity contribution >= 4 is 11.9 Å². The number of rotatable bonds is 7. The van der Waals surface area contributed by atoms with Crippen LogP contribution in [0.25, 0.3) is 11.1 Å². The molecule has 6 nitrogen and oxygen atoms in total. The van der Waals surface area contributed by atoms with Crippen LogP contribution in [-0.2, 0) is 29.0 Å². The van der Waals surface area contributed by atoms with Crippen LogP contribution < -0.4 is 10.9 Å². The van der Waals surface area contributed by atoms with Gasteiger partial charge in [-0.25, -0.2) is 0 Å². The summed E-state index contributed by atoms with van der Waals surface area (Å²) in [5, 5.41) is 12.3. The number of amides is 1. The summed E-state index contributed by atoms with van der Waals surface area (Å²) in [7, 11) is 0. The molecule has 33 heavy (non-hydrogen) atoms. The van der Waals surface area contributed by atoms with Crippen molar-refractivity contribution in [2.75, 3.05) is 0 Å². The van der Waals surface area contributed by atoms with E-state index >= 15 is 0 Å². The summed E-state index contributed by atoms with van der Waals surface area (Å²) in [6, 6.07) is 16.8. The highest BCUT2D eigenvalue weighted by Gasteiger charge is 2.20. The van der Waals surface area contributed by atoms with Crippen molar-refractivity contribution in [3.05, 3.63) is 93.4 Å². The maximum atomic E-state index is 12.8. The van der Waals surface area contributed by atoms with E-state index in [1.165, 1.54) is 4.57 Å². The highest BCUT2D eigenvalue weighted by Crippen LogP contribution is 2.27. The van der Waals surface area contributed by atoms with E-state index in [0.29, 0.717) is 5.56 Å². The molecule has 1 atom stereocenters. The number of nitrogens with one attached hydrogen (secondary N) is 1. The Hall–Kier alpha value is -3.67. The molecule has 1 aliphatic rings. The first kappa shape index (κ1) is 22.5. The van der Waals surface area contributed by atoms with Gasteiger partial charge in [0.2, 0.25) is 5.91 Å². The zero-order valence-electron chi connectivity index (χ0n) is 18.7. The van der Waals surface area contributed by atoms with Gasteiger partial charge in [0.05, 0.1) is 12.5 Å². The van der Waals surface area contributed by atoms with E-state index < -0.39 is 12.0 Å². The number of aliphatic carboxylic acids is 1. The molecule has 3 aromatic rings. The van der Waals surface area contributed by atoms with Crippen LogP contribution in [0, 0.1) is 6.92 Å². The summed E-state index contributed by atoms with van der Waals surface area (Å²) in [5.41, 5.74) is 5.58. The Morgan fingerprint density at radius 1 is 1.06 bits per heavy atom. The molecule has 170 valence electrons. The molecule has 0 spiro atoms. The second kappa shape index (κ2) is 9.86. The molecule has 1 aliphatic carbocycles. The smallest absolute Gasteiger partial charge is 0.305 e. The summed E-state index contributed by atoms with van der Waals surface area (Å²) in [5.74, 6) is -1.40. The third kappa shape index (κ3) is 5.22. The van der Waals surface area contributed by atoms with E-state index in [2.05, 4.69) is 5.32 Å².